The van der Waals surface area contributed by atoms with E-state index in [9.17, 15) is 0 Å². The van der Waals surface area contributed by atoms with Gasteiger partial charge in [-0.3, -0.25) is 0 Å². The molecular weight excluding hydrogens is 270 g/mol. The van der Waals surface area contributed by atoms with Gasteiger partial charge in [-0.05, 0) is 24.5 Å². The number of alkyl halides is 1. The third-order valence-electron chi connectivity index (χ3n) is 2.61. The van der Waals surface area contributed by atoms with Crippen LogP contribution in [0.25, 0.3) is 11.0 Å². The first-order valence-corrected chi connectivity index (χ1v) is 6.42. The molecule has 0 spiro atoms. The van der Waals surface area contributed by atoms with Crippen LogP contribution >= 0.6 is 15.9 Å². The molecule has 1 aromatic heterocycles. The fourth-order valence-electron chi connectivity index (χ4n) is 1.70. The molecule has 5 heteroatoms. The summed E-state index contributed by atoms with van der Waals surface area (Å²) in [6.07, 6.45) is 0.777. The second-order valence-corrected chi connectivity index (χ2v) is 4.44. The maximum atomic E-state index is 8.94. The van der Waals surface area contributed by atoms with Gasteiger partial charge in [-0.2, -0.15) is 0 Å². The van der Waals surface area contributed by atoms with Gasteiger partial charge in [0.05, 0.1) is 5.52 Å². The molecule has 2 aromatic rings. The van der Waals surface area contributed by atoms with Crippen LogP contribution in [0.2, 0.25) is 0 Å². The van der Waals surface area contributed by atoms with Gasteiger partial charge in [-0.15, -0.1) is 5.10 Å². The third-order valence-corrected chi connectivity index (χ3v) is 3.52. The minimum atomic E-state index is 0.211. The van der Waals surface area contributed by atoms with E-state index in [2.05, 4.69) is 26.2 Å². The topological polar surface area (TPSA) is 50.9 Å². The second-order valence-electron chi connectivity index (χ2n) is 3.79. The Morgan fingerprint density at radius 1 is 1.38 bits per heavy atom. The van der Waals surface area contributed by atoms with Crippen molar-refractivity contribution >= 4 is 27.0 Å². The Hall–Kier alpha value is -0.940. The summed E-state index contributed by atoms with van der Waals surface area (Å²) in [5, 5.41) is 18.0. The number of hydrogen-bond donors (Lipinski definition) is 1. The third kappa shape index (κ3) is 2.41. The van der Waals surface area contributed by atoms with E-state index >= 15 is 0 Å². The molecule has 1 unspecified atom stereocenters. The van der Waals surface area contributed by atoms with E-state index in [-0.39, 0.29) is 6.61 Å². The number of aliphatic hydroxyl groups is 1. The number of rotatable bonds is 5. The van der Waals surface area contributed by atoms with Gasteiger partial charge in [0.1, 0.15) is 5.52 Å². The highest BCUT2D eigenvalue weighted by Crippen LogP contribution is 2.14. The SMILES string of the molecule is OCCC(CBr)Cn1nnc2ccccc21. The summed E-state index contributed by atoms with van der Waals surface area (Å²) in [5.41, 5.74) is 1.96. The van der Waals surface area contributed by atoms with Crippen molar-refractivity contribution in [3.8, 4) is 0 Å². The van der Waals surface area contributed by atoms with Gasteiger partial charge >= 0.3 is 0 Å². The standard InChI is InChI=1S/C11H14BrN3O/c12-7-9(5-6-16)8-15-11-4-2-1-3-10(11)13-14-15/h1-4,9,16H,5-8H2. The number of hydrogen-bond acceptors (Lipinski definition) is 3. The van der Waals surface area contributed by atoms with Crippen LogP contribution in [0.5, 0.6) is 0 Å². The summed E-state index contributed by atoms with van der Waals surface area (Å²) < 4.78 is 1.90. The molecule has 86 valence electrons. The molecule has 4 nitrogen and oxygen atoms in total. The zero-order valence-electron chi connectivity index (χ0n) is 8.88. The van der Waals surface area contributed by atoms with E-state index in [0.717, 1.165) is 29.3 Å². The summed E-state index contributed by atoms with van der Waals surface area (Å²) in [5.74, 6) is 0.384. The summed E-state index contributed by atoms with van der Waals surface area (Å²) in [6, 6.07) is 7.90. The van der Waals surface area contributed by atoms with E-state index < -0.39 is 0 Å². The van der Waals surface area contributed by atoms with Crippen LogP contribution in [0.3, 0.4) is 0 Å². The first kappa shape index (κ1) is 11.5. The average Bonchev–Trinajstić information content (AvgIpc) is 2.72. The zero-order valence-corrected chi connectivity index (χ0v) is 10.5. The van der Waals surface area contributed by atoms with Crippen molar-refractivity contribution in [1.29, 1.82) is 0 Å². The van der Waals surface area contributed by atoms with Crippen LogP contribution < -0.4 is 0 Å². The average molecular weight is 284 g/mol. The fourth-order valence-corrected chi connectivity index (χ4v) is 2.23. The molecule has 0 bridgehead atoms. The van der Waals surface area contributed by atoms with Crippen LogP contribution in [0, 0.1) is 5.92 Å². The Bertz CT molecular complexity index is 457. The van der Waals surface area contributed by atoms with Crippen LogP contribution in [0.4, 0.5) is 0 Å². The van der Waals surface area contributed by atoms with Crippen LogP contribution in [0.1, 0.15) is 6.42 Å². The van der Waals surface area contributed by atoms with Gasteiger partial charge in [0.15, 0.2) is 0 Å². The molecule has 1 atom stereocenters. The quantitative estimate of drug-likeness (QED) is 0.852. The van der Waals surface area contributed by atoms with E-state index in [4.69, 9.17) is 5.11 Å². The Labute approximate surface area is 102 Å². The summed E-state index contributed by atoms with van der Waals surface area (Å²) in [6.45, 7) is 0.995. The van der Waals surface area contributed by atoms with Crippen LogP contribution in [0.15, 0.2) is 24.3 Å². The zero-order chi connectivity index (χ0) is 11.4. The van der Waals surface area contributed by atoms with Crippen molar-refractivity contribution in [2.24, 2.45) is 5.92 Å². The minimum Gasteiger partial charge on any atom is -0.396 e. The lowest BCUT2D eigenvalue weighted by atomic mass is 10.1. The van der Waals surface area contributed by atoms with Crippen LogP contribution in [-0.4, -0.2) is 32.0 Å². The molecular formula is C11H14BrN3O. The second kappa shape index (κ2) is 5.41. The van der Waals surface area contributed by atoms with E-state index in [1.165, 1.54) is 0 Å². The van der Waals surface area contributed by atoms with Crippen molar-refractivity contribution in [1.82, 2.24) is 15.0 Å². The van der Waals surface area contributed by atoms with Crippen molar-refractivity contribution < 1.29 is 5.11 Å². The van der Waals surface area contributed by atoms with E-state index in [1.54, 1.807) is 0 Å². The van der Waals surface area contributed by atoms with E-state index in [0.29, 0.717) is 5.92 Å². The van der Waals surface area contributed by atoms with Gasteiger partial charge in [0.2, 0.25) is 0 Å². The first-order chi connectivity index (χ1) is 7.85. The van der Waals surface area contributed by atoms with E-state index in [1.807, 2.05) is 28.9 Å². The predicted octanol–water partition coefficient (Wildman–Crippen LogP) is 1.82. The van der Waals surface area contributed by atoms with Crippen molar-refractivity contribution in [3.63, 3.8) is 0 Å². The highest BCUT2D eigenvalue weighted by atomic mass is 79.9. The normalized spacial score (nSPS) is 13.1. The number of aromatic nitrogens is 3. The molecule has 0 saturated carbocycles. The Morgan fingerprint density at radius 3 is 2.94 bits per heavy atom. The Kier molecular flexibility index (Phi) is 3.90. The van der Waals surface area contributed by atoms with Gasteiger partial charge in [0, 0.05) is 18.5 Å². The maximum absolute atomic E-state index is 8.94. The molecule has 0 amide bonds. The van der Waals surface area contributed by atoms with Crippen LogP contribution in [-0.2, 0) is 6.54 Å². The minimum absolute atomic E-state index is 0.211. The monoisotopic (exact) mass is 283 g/mol. The fraction of sp³-hybridized carbons (Fsp3) is 0.455. The maximum Gasteiger partial charge on any atom is 0.113 e. The number of halogens is 1. The largest absolute Gasteiger partial charge is 0.396 e. The number of fused-ring (bicyclic) bond motifs is 1. The molecule has 0 fully saturated rings. The first-order valence-electron chi connectivity index (χ1n) is 5.30. The molecule has 0 aliphatic heterocycles. The molecule has 0 aliphatic carbocycles. The summed E-state index contributed by atoms with van der Waals surface area (Å²) >= 11 is 3.45. The van der Waals surface area contributed by atoms with Gasteiger partial charge in [0.25, 0.3) is 0 Å². The molecule has 1 N–H and O–H groups in total. The van der Waals surface area contributed by atoms with Gasteiger partial charge in [-0.1, -0.05) is 33.3 Å². The van der Waals surface area contributed by atoms with Gasteiger partial charge < -0.3 is 5.11 Å². The molecule has 16 heavy (non-hydrogen) atoms. The Morgan fingerprint density at radius 2 is 2.19 bits per heavy atom. The smallest absolute Gasteiger partial charge is 0.113 e. The molecule has 0 saturated heterocycles. The highest BCUT2D eigenvalue weighted by Gasteiger charge is 2.10. The lowest BCUT2D eigenvalue weighted by Gasteiger charge is -2.12. The Balaban J connectivity index is 2.20. The highest BCUT2D eigenvalue weighted by molar-refractivity contribution is 9.09. The molecule has 1 aromatic carbocycles. The number of benzene rings is 1. The molecule has 2 rings (SSSR count). The summed E-state index contributed by atoms with van der Waals surface area (Å²) in [4.78, 5) is 0. The van der Waals surface area contributed by atoms with Gasteiger partial charge in [-0.25, -0.2) is 4.68 Å². The lowest BCUT2D eigenvalue weighted by Crippen LogP contribution is -2.14. The number of para-hydroxylation sites is 1. The molecule has 0 aliphatic rings. The summed E-state index contributed by atoms with van der Waals surface area (Å²) in [7, 11) is 0. The number of nitrogens with zero attached hydrogens (tertiary/aromatic N) is 3. The predicted molar refractivity (Wildman–Crippen MR) is 66.5 cm³/mol. The molecule has 1 heterocycles. The van der Waals surface area contributed by atoms with Crippen molar-refractivity contribution in [2.75, 3.05) is 11.9 Å². The molecule has 0 radical (unpaired) electrons. The van der Waals surface area contributed by atoms with Crippen molar-refractivity contribution in [2.45, 2.75) is 13.0 Å². The van der Waals surface area contributed by atoms with Crippen molar-refractivity contribution in [3.05, 3.63) is 24.3 Å². The number of aliphatic hydroxyl groups excluding tert-OH is 1. The lowest BCUT2D eigenvalue weighted by molar-refractivity contribution is 0.254.